The Morgan fingerprint density at radius 3 is 2.43 bits per heavy atom. The second kappa shape index (κ2) is 7.18. The first-order chi connectivity index (χ1) is 11.0. The summed E-state index contributed by atoms with van der Waals surface area (Å²) >= 11 is 0. The topological polar surface area (TPSA) is 28.5 Å². The molecule has 0 saturated carbocycles. The summed E-state index contributed by atoms with van der Waals surface area (Å²) in [5, 5.41) is 0. The van der Waals surface area contributed by atoms with Crippen LogP contribution < -0.4 is 0 Å². The lowest BCUT2D eigenvalue weighted by Gasteiger charge is -2.38. The minimum absolute atomic E-state index is 0.157. The van der Waals surface area contributed by atoms with Gasteiger partial charge >= 0.3 is 0 Å². The van der Waals surface area contributed by atoms with Crippen LogP contribution in [0.4, 0.5) is 0 Å². The summed E-state index contributed by atoms with van der Waals surface area (Å²) in [6, 6.07) is 2.81. The third-order valence-electron chi connectivity index (χ3n) is 5.93. The first-order valence-electron chi connectivity index (χ1n) is 9.17. The van der Waals surface area contributed by atoms with Gasteiger partial charge in [0, 0.05) is 37.1 Å². The fourth-order valence-corrected chi connectivity index (χ4v) is 4.23. The molecule has 1 atom stereocenters. The van der Waals surface area contributed by atoms with E-state index >= 15 is 0 Å². The molecule has 0 N–H and O–H groups in total. The standard InChI is InChI=1S/C19H31N3O/c1-15(22-8-4-5-9-22)17-6-10-21(11-7-17)14-19-12-18(16(2)23)13-20(19)3/h12-13,15,17H,4-11,14H2,1-3H3/t15-/m0/s1. The minimum Gasteiger partial charge on any atom is -0.353 e. The maximum Gasteiger partial charge on any atom is 0.161 e. The van der Waals surface area contributed by atoms with E-state index in [0.29, 0.717) is 0 Å². The molecule has 2 aliphatic rings. The third-order valence-corrected chi connectivity index (χ3v) is 5.93. The fraction of sp³-hybridized carbons (Fsp3) is 0.737. The van der Waals surface area contributed by atoms with Gasteiger partial charge in [-0.2, -0.15) is 0 Å². The van der Waals surface area contributed by atoms with Crippen LogP contribution in [0, 0.1) is 5.92 Å². The molecule has 0 aromatic carbocycles. The Morgan fingerprint density at radius 2 is 1.87 bits per heavy atom. The van der Waals surface area contributed by atoms with Crippen molar-refractivity contribution in [3.05, 3.63) is 23.5 Å². The van der Waals surface area contributed by atoms with Crippen molar-refractivity contribution in [2.75, 3.05) is 26.2 Å². The Bertz CT molecular complexity index is 537. The molecule has 0 spiro atoms. The predicted octanol–water partition coefficient (Wildman–Crippen LogP) is 2.92. The number of carbonyl (C=O) groups excluding carboxylic acids is 1. The molecule has 3 heterocycles. The monoisotopic (exact) mass is 317 g/mol. The number of Topliss-reactive ketones (excluding diaryl/α,β-unsaturated/α-hetero) is 1. The number of likely N-dealkylation sites (tertiary alicyclic amines) is 2. The molecule has 1 aromatic heterocycles. The molecule has 4 nitrogen and oxygen atoms in total. The number of ketones is 1. The van der Waals surface area contributed by atoms with E-state index in [1.54, 1.807) is 6.92 Å². The maximum absolute atomic E-state index is 11.5. The molecule has 128 valence electrons. The van der Waals surface area contributed by atoms with Crippen LogP contribution in [0.5, 0.6) is 0 Å². The summed E-state index contributed by atoms with van der Waals surface area (Å²) in [7, 11) is 2.05. The van der Waals surface area contributed by atoms with Crippen LogP contribution in [0.3, 0.4) is 0 Å². The van der Waals surface area contributed by atoms with E-state index in [4.69, 9.17) is 0 Å². The van der Waals surface area contributed by atoms with Crippen molar-refractivity contribution in [1.82, 2.24) is 14.4 Å². The number of aryl methyl sites for hydroxylation is 1. The molecule has 2 aliphatic heterocycles. The zero-order chi connectivity index (χ0) is 16.4. The lowest BCUT2D eigenvalue weighted by atomic mass is 9.89. The Hall–Kier alpha value is -1.13. The predicted molar refractivity (Wildman–Crippen MR) is 93.7 cm³/mol. The molecule has 4 heteroatoms. The van der Waals surface area contributed by atoms with Crippen LogP contribution in [0.25, 0.3) is 0 Å². The fourth-order valence-electron chi connectivity index (χ4n) is 4.23. The van der Waals surface area contributed by atoms with Gasteiger partial charge < -0.3 is 9.47 Å². The van der Waals surface area contributed by atoms with Crippen molar-refractivity contribution >= 4 is 5.78 Å². The highest BCUT2D eigenvalue weighted by atomic mass is 16.1. The van der Waals surface area contributed by atoms with Crippen molar-refractivity contribution in [2.45, 2.75) is 52.1 Å². The van der Waals surface area contributed by atoms with Gasteiger partial charge in [0.25, 0.3) is 0 Å². The summed E-state index contributed by atoms with van der Waals surface area (Å²) < 4.78 is 2.11. The number of nitrogens with zero attached hydrogens (tertiary/aromatic N) is 3. The average Bonchev–Trinajstić information content (AvgIpc) is 3.18. The summed E-state index contributed by atoms with van der Waals surface area (Å²) in [6.45, 7) is 10.0. The third kappa shape index (κ3) is 3.86. The van der Waals surface area contributed by atoms with E-state index in [2.05, 4.69) is 27.4 Å². The van der Waals surface area contributed by atoms with Crippen LogP contribution in [0.1, 0.15) is 55.6 Å². The SMILES string of the molecule is CC(=O)c1cc(CN2CCC([C@H](C)N3CCCC3)CC2)n(C)c1. The summed E-state index contributed by atoms with van der Waals surface area (Å²) in [4.78, 5) is 16.8. The van der Waals surface area contributed by atoms with Crippen LogP contribution in [0.2, 0.25) is 0 Å². The second-order valence-electron chi connectivity index (χ2n) is 7.48. The molecule has 3 rings (SSSR count). The van der Waals surface area contributed by atoms with Crippen molar-refractivity contribution in [1.29, 1.82) is 0 Å². The Kier molecular flexibility index (Phi) is 5.22. The molecule has 2 saturated heterocycles. The van der Waals surface area contributed by atoms with Gasteiger partial charge in [-0.25, -0.2) is 0 Å². The van der Waals surface area contributed by atoms with Gasteiger partial charge in [0.05, 0.1) is 0 Å². The van der Waals surface area contributed by atoms with E-state index in [1.165, 1.54) is 57.6 Å². The Balaban J connectivity index is 1.52. The molecule has 0 unspecified atom stereocenters. The first kappa shape index (κ1) is 16.7. The van der Waals surface area contributed by atoms with E-state index in [0.717, 1.165) is 24.1 Å². The number of aromatic nitrogens is 1. The molecule has 1 aromatic rings. The highest BCUT2D eigenvalue weighted by Crippen LogP contribution is 2.27. The van der Waals surface area contributed by atoms with Crippen molar-refractivity contribution in [3.63, 3.8) is 0 Å². The van der Waals surface area contributed by atoms with Crippen molar-refractivity contribution in [3.8, 4) is 0 Å². The smallest absolute Gasteiger partial charge is 0.161 e. The van der Waals surface area contributed by atoms with E-state index in [9.17, 15) is 4.79 Å². The lowest BCUT2D eigenvalue weighted by Crippen LogP contribution is -2.43. The molecule has 0 bridgehead atoms. The van der Waals surface area contributed by atoms with Gasteiger partial charge in [0.2, 0.25) is 0 Å². The molecular weight excluding hydrogens is 286 g/mol. The molecule has 0 radical (unpaired) electrons. The van der Waals surface area contributed by atoms with Crippen LogP contribution in [-0.4, -0.2) is 52.4 Å². The molecule has 0 amide bonds. The summed E-state index contributed by atoms with van der Waals surface area (Å²) in [6.07, 6.45) is 7.34. The average molecular weight is 317 g/mol. The van der Waals surface area contributed by atoms with E-state index in [-0.39, 0.29) is 5.78 Å². The maximum atomic E-state index is 11.5. The van der Waals surface area contributed by atoms with Crippen molar-refractivity contribution in [2.24, 2.45) is 13.0 Å². The van der Waals surface area contributed by atoms with Gasteiger partial charge in [-0.3, -0.25) is 9.69 Å². The van der Waals surface area contributed by atoms with Crippen LogP contribution in [-0.2, 0) is 13.6 Å². The van der Waals surface area contributed by atoms with Gasteiger partial charge in [-0.1, -0.05) is 0 Å². The lowest BCUT2D eigenvalue weighted by molar-refractivity contribution is 0.101. The number of hydrogen-bond donors (Lipinski definition) is 0. The number of hydrogen-bond acceptors (Lipinski definition) is 3. The number of rotatable bonds is 5. The Labute approximate surface area is 140 Å². The molecular formula is C19H31N3O. The zero-order valence-corrected chi connectivity index (χ0v) is 14.9. The molecule has 0 aliphatic carbocycles. The van der Waals surface area contributed by atoms with Gasteiger partial charge in [-0.05, 0) is 77.7 Å². The molecule has 23 heavy (non-hydrogen) atoms. The van der Waals surface area contributed by atoms with Crippen LogP contribution >= 0.6 is 0 Å². The van der Waals surface area contributed by atoms with Gasteiger partial charge in [-0.15, -0.1) is 0 Å². The van der Waals surface area contributed by atoms with Gasteiger partial charge in [0.1, 0.15) is 0 Å². The highest BCUT2D eigenvalue weighted by Gasteiger charge is 2.29. The normalized spacial score (nSPS) is 22.6. The largest absolute Gasteiger partial charge is 0.353 e. The Morgan fingerprint density at radius 1 is 1.22 bits per heavy atom. The summed E-state index contributed by atoms with van der Waals surface area (Å²) in [5.74, 6) is 1.01. The minimum atomic E-state index is 0.157. The summed E-state index contributed by atoms with van der Waals surface area (Å²) in [5.41, 5.74) is 2.08. The molecule has 2 fully saturated rings. The van der Waals surface area contributed by atoms with Gasteiger partial charge in [0.15, 0.2) is 5.78 Å². The quantitative estimate of drug-likeness (QED) is 0.782. The first-order valence-corrected chi connectivity index (χ1v) is 9.17. The zero-order valence-electron chi connectivity index (χ0n) is 14.9. The van der Waals surface area contributed by atoms with Crippen LogP contribution in [0.15, 0.2) is 12.3 Å². The second-order valence-corrected chi connectivity index (χ2v) is 7.48. The highest BCUT2D eigenvalue weighted by molar-refractivity contribution is 5.94. The van der Waals surface area contributed by atoms with E-state index in [1.807, 2.05) is 13.2 Å². The van der Waals surface area contributed by atoms with E-state index < -0.39 is 0 Å². The number of piperidine rings is 1. The number of carbonyl (C=O) groups is 1. The van der Waals surface area contributed by atoms with Crippen molar-refractivity contribution < 1.29 is 4.79 Å².